The van der Waals surface area contributed by atoms with Crippen molar-refractivity contribution in [3.8, 4) is 5.75 Å². The summed E-state index contributed by atoms with van der Waals surface area (Å²) < 4.78 is 10.2. The topological polar surface area (TPSA) is 52.3 Å². The number of ether oxygens (including phenoxy) is 1. The molecule has 0 radical (unpaired) electrons. The first-order valence-electron chi connectivity index (χ1n) is 5.83. The number of aromatic nitrogens is 1. The molecule has 2 aromatic carbocycles. The maximum absolute atomic E-state index is 12.3. The standard InChI is InChI=1S/C15H11NO3/c1-18-11-8-6-10(7-9-11)14(17)15-12-4-2-3-5-13(12)16-19-15/h2-9H,1H3. The van der Waals surface area contributed by atoms with Crippen molar-refractivity contribution in [2.45, 2.75) is 0 Å². The lowest BCUT2D eigenvalue weighted by Gasteiger charge is -2.00. The zero-order valence-corrected chi connectivity index (χ0v) is 10.3. The molecule has 1 heterocycles. The third-order valence-corrected chi connectivity index (χ3v) is 2.94. The number of carbonyl (C=O) groups is 1. The maximum atomic E-state index is 12.3. The van der Waals surface area contributed by atoms with Gasteiger partial charge in [-0.1, -0.05) is 17.3 Å². The van der Waals surface area contributed by atoms with Crippen LogP contribution < -0.4 is 4.74 Å². The molecule has 1 aromatic heterocycles. The molecule has 0 bridgehead atoms. The predicted octanol–water partition coefficient (Wildman–Crippen LogP) is 3.07. The number of benzene rings is 2. The van der Waals surface area contributed by atoms with Gasteiger partial charge in [0.25, 0.3) is 0 Å². The highest BCUT2D eigenvalue weighted by Gasteiger charge is 2.17. The molecule has 4 nitrogen and oxygen atoms in total. The minimum atomic E-state index is -0.184. The van der Waals surface area contributed by atoms with E-state index in [0.717, 1.165) is 5.39 Å². The second-order valence-corrected chi connectivity index (χ2v) is 4.09. The number of carbonyl (C=O) groups excluding carboxylic acids is 1. The highest BCUT2D eigenvalue weighted by atomic mass is 16.5. The molecule has 0 spiro atoms. The van der Waals surface area contributed by atoms with E-state index in [-0.39, 0.29) is 11.5 Å². The van der Waals surface area contributed by atoms with Gasteiger partial charge in [-0.3, -0.25) is 4.79 Å². The van der Waals surface area contributed by atoms with Gasteiger partial charge >= 0.3 is 0 Å². The molecule has 0 saturated heterocycles. The summed E-state index contributed by atoms with van der Waals surface area (Å²) in [6, 6.07) is 14.2. The lowest BCUT2D eigenvalue weighted by atomic mass is 10.1. The third kappa shape index (κ3) is 1.97. The molecule has 0 aliphatic heterocycles. The van der Waals surface area contributed by atoms with E-state index in [1.165, 1.54) is 0 Å². The molecule has 0 amide bonds. The Labute approximate surface area is 109 Å². The van der Waals surface area contributed by atoms with E-state index in [4.69, 9.17) is 9.26 Å². The van der Waals surface area contributed by atoms with Crippen LogP contribution in [0.3, 0.4) is 0 Å². The number of hydrogen-bond donors (Lipinski definition) is 0. The summed E-state index contributed by atoms with van der Waals surface area (Å²) in [4.78, 5) is 12.3. The average Bonchev–Trinajstić information content (AvgIpc) is 2.90. The van der Waals surface area contributed by atoms with Crippen LogP contribution in [0.2, 0.25) is 0 Å². The minimum absolute atomic E-state index is 0.184. The van der Waals surface area contributed by atoms with Crippen molar-refractivity contribution >= 4 is 16.7 Å². The van der Waals surface area contributed by atoms with Crippen LogP contribution in [-0.2, 0) is 0 Å². The van der Waals surface area contributed by atoms with Crippen LogP contribution in [0.15, 0.2) is 53.1 Å². The Hall–Kier alpha value is -2.62. The van der Waals surface area contributed by atoms with Crippen molar-refractivity contribution in [3.05, 3.63) is 59.9 Å². The average molecular weight is 253 g/mol. The van der Waals surface area contributed by atoms with Gasteiger partial charge in [0.05, 0.1) is 12.5 Å². The summed E-state index contributed by atoms with van der Waals surface area (Å²) in [5.74, 6) is 0.788. The van der Waals surface area contributed by atoms with Gasteiger partial charge in [0, 0.05) is 5.56 Å². The summed E-state index contributed by atoms with van der Waals surface area (Å²) >= 11 is 0. The fourth-order valence-electron chi connectivity index (χ4n) is 1.93. The number of hydrogen-bond acceptors (Lipinski definition) is 4. The molecule has 3 rings (SSSR count). The summed E-state index contributed by atoms with van der Waals surface area (Å²) in [5, 5.41) is 4.60. The van der Waals surface area contributed by atoms with Crippen molar-refractivity contribution < 1.29 is 14.1 Å². The predicted molar refractivity (Wildman–Crippen MR) is 70.4 cm³/mol. The molecule has 0 N–H and O–H groups in total. The van der Waals surface area contributed by atoms with E-state index in [1.54, 1.807) is 31.4 Å². The maximum Gasteiger partial charge on any atom is 0.231 e. The van der Waals surface area contributed by atoms with E-state index >= 15 is 0 Å². The molecule has 4 heteroatoms. The fraction of sp³-hybridized carbons (Fsp3) is 0.0667. The van der Waals surface area contributed by atoms with E-state index in [0.29, 0.717) is 16.8 Å². The smallest absolute Gasteiger partial charge is 0.231 e. The zero-order valence-electron chi connectivity index (χ0n) is 10.3. The first kappa shape index (κ1) is 11.5. The lowest BCUT2D eigenvalue weighted by molar-refractivity contribution is 0.100. The number of fused-ring (bicyclic) bond motifs is 1. The fourth-order valence-corrected chi connectivity index (χ4v) is 1.93. The van der Waals surface area contributed by atoms with Crippen LogP contribution in [0, 0.1) is 0 Å². The second-order valence-electron chi connectivity index (χ2n) is 4.09. The number of ketones is 1. The lowest BCUT2D eigenvalue weighted by Crippen LogP contribution is -2.00. The van der Waals surface area contributed by atoms with Gasteiger partial charge in [0.15, 0.2) is 0 Å². The van der Waals surface area contributed by atoms with Crippen molar-refractivity contribution in [2.75, 3.05) is 7.11 Å². The van der Waals surface area contributed by atoms with Gasteiger partial charge in [-0.15, -0.1) is 0 Å². The van der Waals surface area contributed by atoms with Gasteiger partial charge in [0.2, 0.25) is 11.5 Å². The Morgan fingerprint density at radius 2 is 1.84 bits per heavy atom. The highest BCUT2D eigenvalue weighted by Crippen LogP contribution is 2.21. The molecule has 94 valence electrons. The highest BCUT2D eigenvalue weighted by molar-refractivity contribution is 6.13. The molecular formula is C15H11NO3. The third-order valence-electron chi connectivity index (χ3n) is 2.94. The van der Waals surface area contributed by atoms with Crippen LogP contribution >= 0.6 is 0 Å². The molecular weight excluding hydrogens is 242 g/mol. The van der Waals surface area contributed by atoms with Crippen LogP contribution in [0.4, 0.5) is 0 Å². The Morgan fingerprint density at radius 1 is 1.11 bits per heavy atom. The molecule has 19 heavy (non-hydrogen) atoms. The van der Waals surface area contributed by atoms with Crippen molar-refractivity contribution in [1.82, 2.24) is 5.16 Å². The quantitative estimate of drug-likeness (QED) is 0.673. The summed E-state index contributed by atoms with van der Waals surface area (Å²) in [6.07, 6.45) is 0. The molecule has 3 aromatic rings. The number of rotatable bonds is 3. The van der Waals surface area contributed by atoms with Crippen molar-refractivity contribution in [3.63, 3.8) is 0 Å². The van der Waals surface area contributed by atoms with E-state index in [9.17, 15) is 4.79 Å². The van der Waals surface area contributed by atoms with Crippen molar-refractivity contribution in [2.24, 2.45) is 0 Å². The minimum Gasteiger partial charge on any atom is -0.497 e. The Balaban J connectivity index is 2.03. The largest absolute Gasteiger partial charge is 0.497 e. The van der Waals surface area contributed by atoms with Gasteiger partial charge in [-0.05, 0) is 36.4 Å². The van der Waals surface area contributed by atoms with Crippen LogP contribution in [0.1, 0.15) is 16.1 Å². The van der Waals surface area contributed by atoms with E-state index in [2.05, 4.69) is 5.16 Å². The second kappa shape index (κ2) is 4.57. The van der Waals surface area contributed by atoms with Gasteiger partial charge in [-0.2, -0.15) is 0 Å². The first-order chi connectivity index (χ1) is 9.29. The van der Waals surface area contributed by atoms with Crippen LogP contribution in [-0.4, -0.2) is 18.0 Å². The molecule has 0 atom stereocenters. The van der Waals surface area contributed by atoms with Crippen molar-refractivity contribution in [1.29, 1.82) is 0 Å². The summed E-state index contributed by atoms with van der Waals surface area (Å²) in [6.45, 7) is 0. The Bertz CT molecular complexity index is 728. The monoisotopic (exact) mass is 253 g/mol. The molecule has 0 aliphatic carbocycles. The first-order valence-corrected chi connectivity index (χ1v) is 5.83. The molecule has 0 unspecified atom stereocenters. The Morgan fingerprint density at radius 3 is 2.58 bits per heavy atom. The number of methoxy groups -OCH3 is 1. The van der Waals surface area contributed by atoms with Crippen LogP contribution in [0.5, 0.6) is 5.75 Å². The van der Waals surface area contributed by atoms with Gasteiger partial charge < -0.3 is 9.26 Å². The SMILES string of the molecule is COc1ccc(C(=O)c2onc3ccccc23)cc1. The van der Waals surface area contributed by atoms with E-state index in [1.807, 2.05) is 24.3 Å². The zero-order chi connectivity index (χ0) is 13.2. The normalized spacial score (nSPS) is 10.6. The van der Waals surface area contributed by atoms with E-state index < -0.39 is 0 Å². The van der Waals surface area contributed by atoms with Crippen LogP contribution in [0.25, 0.3) is 10.9 Å². The molecule has 0 aliphatic rings. The summed E-state index contributed by atoms with van der Waals surface area (Å²) in [5.41, 5.74) is 1.22. The molecule has 0 saturated carbocycles. The van der Waals surface area contributed by atoms with Gasteiger partial charge in [-0.25, -0.2) is 0 Å². The summed E-state index contributed by atoms with van der Waals surface area (Å²) in [7, 11) is 1.58. The number of nitrogens with zero attached hydrogens (tertiary/aromatic N) is 1. The Kier molecular flexibility index (Phi) is 2.76. The van der Waals surface area contributed by atoms with Gasteiger partial charge in [0.1, 0.15) is 11.3 Å². The molecule has 0 fully saturated rings.